The summed E-state index contributed by atoms with van der Waals surface area (Å²) in [5.41, 5.74) is 0.380. The van der Waals surface area contributed by atoms with E-state index in [4.69, 9.17) is 0 Å². The van der Waals surface area contributed by atoms with Gasteiger partial charge in [0.05, 0.1) is 5.69 Å². The summed E-state index contributed by atoms with van der Waals surface area (Å²) in [4.78, 5) is 16.6. The van der Waals surface area contributed by atoms with Crippen molar-refractivity contribution in [1.29, 1.82) is 0 Å². The van der Waals surface area contributed by atoms with Crippen LogP contribution in [0, 0.1) is 0 Å². The van der Waals surface area contributed by atoms with Crippen LogP contribution >= 0.6 is 0 Å². The summed E-state index contributed by atoms with van der Waals surface area (Å²) in [6.07, 6.45) is 8.26. The van der Waals surface area contributed by atoms with E-state index in [1.807, 2.05) is 12.1 Å². The van der Waals surface area contributed by atoms with Crippen molar-refractivity contribution in [3.8, 4) is 0 Å². The smallest absolute Gasteiger partial charge is 0.250 e. The Balaban J connectivity index is 1.95. The zero-order valence-electron chi connectivity index (χ0n) is 9.83. The summed E-state index contributed by atoms with van der Waals surface area (Å²) in [6, 6.07) is 3.72. The van der Waals surface area contributed by atoms with Gasteiger partial charge >= 0.3 is 0 Å². The van der Waals surface area contributed by atoms with E-state index in [0.29, 0.717) is 0 Å². The zero-order valence-corrected chi connectivity index (χ0v) is 9.83. The van der Waals surface area contributed by atoms with Gasteiger partial charge in [-0.2, -0.15) is 0 Å². The van der Waals surface area contributed by atoms with Crippen LogP contribution in [0.15, 0.2) is 18.3 Å². The zero-order chi connectivity index (χ0) is 11.7. The van der Waals surface area contributed by atoms with Crippen molar-refractivity contribution in [3.05, 3.63) is 18.3 Å². The summed E-state index contributed by atoms with van der Waals surface area (Å²) >= 11 is 0. The molecule has 0 bridgehead atoms. The number of aromatic nitrogens is 1. The van der Waals surface area contributed by atoms with Crippen LogP contribution in [-0.2, 0) is 4.79 Å². The largest absolute Gasteiger partial charge is 0.354 e. The van der Waals surface area contributed by atoms with E-state index in [2.05, 4.69) is 15.6 Å². The molecule has 1 aromatic heterocycles. The highest BCUT2D eigenvalue weighted by Crippen LogP contribution is 2.36. The van der Waals surface area contributed by atoms with Crippen molar-refractivity contribution < 1.29 is 4.79 Å². The normalized spacial score (nSPS) is 22.2. The topological polar surface area (TPSA) is 54.0 Å². The molecule has 4 nitrogen and oxygen atoms in total. The Kier molecular flexibility index (Phi) is 2.50. The molecule has 0 aromatic carbocycles. The van der Waals surface area contributed by atoms with Crippen molar-refractivity contribution in [2.45, 2.75) is 44.1 Å². The summed E-state index contributed by atoms with van der Waals surface area (Å²) < 4.78 is 0. The lowest BCUT2D eigenvalue weighted by Crippen LogP contribution is -2.52. The monoisotopic (exact) mass is 231 g/mol. The van der Waals surface area contributed by atoms with Crippen molar-refractivity contribution in [2.24, 2.45) is 0 Å². The second-order valence-electron chi connectivity index (χ2n) is 4.98. The summed E-state index contributed by atoms with van der Waals surface area (Å²) in [5.74, 6) is 0.925. The minimum Gasteiger partial charge on any atom is -0.354 e. The van der Waals surface area contributed by atoms with E-state index in [-0.39, 0.29) is 5.91 Å². The second-order valence-corrected chi connectivity index (χ2v) is 4.98. The molecular weight excluding hydrogens is 214 g/mol. The molecule has 0 unspecified atom stereocenters. The maximum absolute atomic E-state index is 12.3. The number of carbonyl (C=O) groups is 1. The number of anilines is 2. The molecule has 1 aromatic rings. The molecule has 1 fully saturated rings. The lowest BCUT2D eigenvalue weighted by Gasteiger charge is -2.37. The summed E-state index contributed by atoms with van der Waals surface area (Å²) in [6.45, 7) is 0. The molecule has 1 amide bonds. The fourth-order valence-corrected chi connectivity index (χ4v) is 2.82. The van der Waals surface area contributed by atoms with Crippen LogP contribution in [0.5, 0.6) is 0 Å². The predicted molar refractivity (Wildman–Crippen MR) is 66.9 cm³/mol. The summed E-state index contributed by atoms with van der Waals surface area (Å²) in [5, 5.41) is 6.36. The lowest BCUT2D eigenvalue weighted by atomic mass is 9.87. The van der Waals surface area contributed by atoms with Gasteiger partial charge in [-0.25, -0.2) is 4.98 Å². The number of hydrogen-bond acceptors (Lipinski definition) is 3. The Labute approximate surface area is 101 Å². The van der Waals surface area contributed by atoms with Gasteiger partial charge in [-0.1, -0.05) is 25.7 Å². The number of nitrogens with one attached hydrogen (secondary N) is 2. The highest BCUT2D eigenvalue weighted by Gasteiger charge is 2.42. The Hall–Kier alpha value is -1.58. The highest BCUT2D eigenvalue weighted by atomic mass is 16.2. The fraction of sp³-hybridized carbons (Fsp3) is 0.538. The van der Waals surface area contributed by atoms with E-state index in [9.17, 15) is 4.79 Å². The average molecular weight is 231 g/mol. The summed E-state index contributed by atoms with van der Waals surface area (Å²) in [7, 11) is 0. The molecule has 3 rings (SSSR count). The van der Waals surface area contributed by atoms with Crippen LogP contribution < -0.4 is 10.6 Å². The Morgan fingerprint density at radius 2 is 1.94 bits per heavy atom. The number of nitrogens with zero attached hydrogens (tertiary/aromatic N) is 1. The molecule has 1 spiro atoms. The molecule has 1 aliphatic carbocycles. The van der Waals surface area contributed by atoms with Crippen LogP contribution in [-0.4, -0.2) is 16.4 Å². The van der Waals surface area contributed by atoms with Gasteiger partial charge in [-0.15, -0.1) is 0 Å². The van der Waals surface area contributed by atoms with Gasteiger partial charge in [-0.05, 0) is 25.0 Å². The standard InChI is InChI=1S/C13H17N3O/c17-12-13(7-3-1-2-4-8-13)16-11-10(15-12)6-5-9-14-11/h5-6,9H,1-4,7-8H2,(H,14,16)(H,15,17). The van der Waals surface area contributed by atoms with Crippen LogP contribution in [0.4, 0.5) is 11.5 Å². The molecule has 0 atom stereocenters. The minimum atomic E-state index is -0.419. The first-order valence-electron chi connectivity index (χ1n) is 6.35. The molecular formula is C13H17N3O. The molecule has 0 radical (unpaired) electrons. The van der Waals surface area contributed by atoms with Gasteiger partial charge in [0.2, 0.25) is 5.91 Å². The molecule has 2 heterocycles. The third-order valence-electron chi connectivity index (χ3n) is 3.81. The molecule has 0 saturated heterocycles. The van der Waals surface area contributed by atoms with Gasteiger partial charge in [0.1, 0.15) is 5.54 Å². The molecule has 2 aliphatic rings. The van der Waals surface area contributed by atoms with E-state index < -0.39 is 5.54 Å². The second kappa shape index (κ2) is 4.02. The van der Waals surface area contributed by atoms with E-state index >= 15 is 0 Å². The highest BCUT2D eigenvalue weighted by molar-refractivity contribution is 6.05. The Morgan fingerprint density at radius 1 is 1.18 bits per heavy atom. The maximum Gasteiger partial charge on any atom is 0.250 e. The molecule has 1 aliphatic heterocycles. The van der Waals surface area contributed by atoms with Gasteiger partial charge in [0.15, 0.2) is 5.82 Å². The first-order chi connectivity index (χ1) is 8.30. The fourth-order valence-electron chi connectivity index (χ4n) is 2.82. The van der Waals surface area contributed by atoms with Crippen LogP contribution in [0.2, 0.25) is 0 Å². The minimum absolute atomic E-state index is 0.111. The van der Waals surface area contributed by atoms with Crippen molar-refractivity contribution in [3.63, 3.8) is 0 Å². The number of pyridine rings is 1. The first kappa shape index (κ1) is 10.6. The molecule has 4 heteroatoms. The van der Waals surface area contributed by atoms with Crippen LogP contribution in [0.3, 0.4) is 0 Å². The van der Waals surface area contributed by atoms with Gasteiger partial charge in [-0.3, -0.25) is 4.79 Å². The molecule has 2 N–H and O–H groups in total. The maximum atomic E-state index is 12.3. The number of fused-ring (bicyclic) bond motifs is 1. The van der Waals surface area contributed by atoms with E-state index in [1.165, 1.54) is 12.8 Å². The molecule has 17 heavy (non-hydrogen) atoms. The quantitative estimate of drug-likeness (QED) is 0.721. The molecule has 1 saturated carbocycles. The van der Waals surface area contributed by atoms with Crippen LogP contribution in [0.25, 0.3) is 0 Å². The van der Waals surface area contributed by atoms with Crippen LogP contribution in [0.1, 0.15) is 38.5 Å². The first-order valence-corrected chi connectivity index (χ1v) is 6.35. The van der Waals surface area contributed by atoms with Crippen molar-refractivity contribution in [1.82, 2.24) is 4.98 Å². The SMILES string of the molecule is O=C1Nc2cccnc2NC12CCCCCC2. The van der Waals surface area contributed by atoms with Gasteiger partial charge in [0, 0.05) is 6.20 Å². The number of carbonyl (C=O) groups excluding carboxylic acids is 1. The number of rotatable bonds is 0. The number of hydrogen-bond donors (Lipinski definition) is 2. The predicted octanol–water partition coefficient (Wildman–Crippen LogP) is 2.54. The third-order valence-corrected chi connectivity index (χ3v) is 3.81. The third kappa shape index (κ3) is 1.77. The van der Waals surface area contributed by atoms with E-state index in [0.717, 1.165) is 37.2 Å². The lowest BCUT2D eigenvalue weighted by molar-refractivity contribution is -0.121. The van der Waals surface area contributed by atoms with E-state index in [1.54, 1.807) is 6.20 Å². The molecule has 90 valence electrons. The van der Waals surface area contributed by atoms with Gasteiger partial charge in [0.25, 0.3) is 0 Å². The number of amides is 1. The van der Waals surface area contributed by atoms with Crippen molar-refractivity contribution in [2.75, 3.05) is 10.6 Å². The van der Waals surface area contributed by atoms with Gasteiger partial charge < -0.3 is 10.6 Å². The average Bonchev–Trinajstić information content (AvgIpc) is 2.57. The van der Waals surface area contributed by atoms with Crippen molar-refractivity contribution >= 4 is 17.4 Å². The Bertz CT molecular complexity index is 436. The Morgan fingerprint density at radius 3 is 2.71 bits per heavy atom.